The van der Waals surface area contributed by atoms with Crippen molar-refractivity contribution in [3.63, 3.8) is 0 Å². The zero-order valence-electron chi connectivity index (χ0n) is 10.8. The summed E-state index contributed by atoms with van der Waals surface area (Å²) in [7, 11) is 0. The van der Waals surface area contributed by atoms with Gasteiger partial charge in [-0.1, -0.05) is 18.2 Å². The summed E-state index contributed by atoms with van der Waals surface area (Å²) in [6.45, 7) is 3.68. The zero-order chi connectivity index (χ0) is 13.8. The Balaban J connectivity index is 2.29. The molecule has 4 heteroatoms. The summed E-state index contributed by atoms with van der Waals surface area (Å²) in [6.07, 6.45) is 0. The highest BCUT2D eigenvalue weighted by atomic mass is 19.1. The fraction of sp³-hybridized carbons (Fsp3) is 0.200. The van der Waals surface area contributed by atoms with E-state index < -0.39 is 0 Å². The molecule has 0 aliphatic carbocycles. The number of nitrogens with zero attached hydrogens (tertiary/aromatic N) is 2. The van der Waals surface area contributed by atoms with Crippen LogP contribution < -0.4 is 5.32 Å². The van der Waals surface area contributed by atoms with Crippen molar-refractivity contribution in [2.45, 2.75) is 19.9 Å². The van der Waals surface area contributed by atoms with Crippen LogP contribution >= 0.6 is 0 Å². The Hall–Kier alpha value is -2.41. The smallest absolute Gasteiger partial charge is 0.144 e. The zero-order valence-corrected chi connectivity index (χ0v) is 10.8. The molecule has 19 heavy (non-hydrogen) atoms. The summed E-state index contributed by atoms with van der Waals surface area (Å²) in [5.41, 5.74) is 1.81. The number of rotatable bonds is 3. The molecule has 0 bridgehead atoms. The Morgan fingerprint density at radius 1 is 1.26 bits per heavy atom. The molecule has 2 rings (SSSR count). The van der Waals surface area contributed by atoms with E-state index in [1.807, 2.05) is 13.8 Å². The minimum atomic E-state index is -0.270. The molecule has 1 N–H and O–H groups in total. The highest BCUT2D eigenvalue weighted by Gasteiger charge is 2.12. The Kier molecular flexibility index (Phi) is 3.76. The number of hydrogen-bond acceptors (Lipinski definition) is 3. The minimum Gasteiger partial charge on any atom is -0.362 e. The van der Waals surface area contributed by atoms with E-state index in [4.69, 9.17) is 5.26 Å². The maximum absolute atomic E-state index is 13.7. The molecule has 1 atom stereocenters. The van der Waals surface area contributed by atoms with Gasteiger partial charge in [0, 0.05) is 11.3 Å². The SMILES string of the molecule is Cc1ccc(C#N)c(NC(C)c2ccccc2F)n1. The summed E-state index contributed by atoms with van der Waals surface area (Å²) in [5, 5.41) is 12.1. The molecule has 1 aromatic heterocycles. The first-order chi connectivity index (χ1) is 9.11. The third-order valence-corrected chi connectivity index (χ3v) is 2.88. The fourth-order valence-electron chi connectivity index (χ4n) is 1.87. The van der Waals surface area contributed by atoms with Crippen molar-refractivity contribution in [1.82, 2.24) is 4.98 Å². The van der Waals surface area contributed by atoms with Gasteiger partial charge in [0.1, 0.15) is 17.7 Å². The predicted molar refractivity (Wildman–Crippen MR) is 72.1 cm³/mol. The molecule has 0 saturated carbocycles. The molecular formula is C15H14FN3. The van der Waals surface area contributed by atoms with Crippen LogP contribution in [0.25, 0.3) is 0 Å². The third-order valence-electron chi connectivity index (χ3n) is 2.88. The first-order valence-corrected chi connectivity index (χ1v) is 6.00. The molecule has 0 radical (unpaired) electrons. The topological polar surface area (TPSA) is 48.7 Å². The molecular weight excluding hydrogens is 241 g/mol. The van der Waals surface area contributed by atoms with Crippen LogP contribution in [0.4, 0.5) is 10.2 Å². The summed E-state index contributed by atoms with van der Waals surface area (Å²) in [4.78, 5) is 4.28. The van der Waals surface area contributed by atoms with Crippen LogP contribution in [0.15, 0.2) is 36.4 Å². The van der Waals surface area contributed by atoms with Gasteiger partial charge >= 0.3 is 0 Å². The molecule has 0 saturated heterocycles. The quantitative estimate of drug-likeness (QED) is 0.912. The number of nitriles is 1. The van der Waals surface area contributed by atoms with E-state index >= 15 is 0 Å². The molecule has 1 unspecified atom stereocenters. The van der Waals surface area contributed by atoms with Crippen molar-refractivity contribution in [2.75, 3.05) is 5.32 Å². The highest BCUT2D eigenvalue weighted by molar-refractivity contribution is 5.53. The van der Waals surface area contributed by atoms with Crippen molar-refractivity contribution >= 4 is 5.82 Å². The molecule has 0 aliphatic heterocycles. The van der Waals surface area contributed by atoms with Gasteiger partial charge in [-0.3, -0.25) is 0 Å². The fourth-order valence-corrected chi connectivity index (χ4v) is 1.87. The number of benzene rings is 1. The predicted octanol–water partition coefficient (Wildman–Crippen LogP) is 3.57. The normalized spacial score (nSPS) is 11.7. The van der Waals surface area contributed by atoms with E-state index in [1.165, 1.54) is 6.07 Å². The second kappa shape index (κ2) is 5.49. The van der Waals surface area contributed by atoms with Crippen molar-refractivity contribution < 1.29 is 4.39 Å². The molecule has 0 aliphatic rings. The van der Waals surface area contributed by atoms with Crippen molar-refractivity contribution in [2.24, 2.45) is 0 Å². The van der Waals surface area contributed by atoms with Crippen molar-refractivity contribution in [1.29, 1.82) is 5.26 Å². The molecule has 2 aromatic rings. The van der Waals surface area contributed by atoms with Crippen LogP contribution in [0, 0.1) is 24.1 Å². The molecule has 0 spiro atoms. The molecule has 96 valence electrons. The van der Waals surface area contributed by atoms with Gasteiger partial charge in [-0.05, 0) is 32.0 Å². The minimum absolute atomic E-state index is 0.261. The summed E-state index contributed by atoms with van der Waals surface area (Å²) >= 11 is 0. The van der Waals surface area contributed by atoms with E-state index in [-0.39, 0.29) is 11.9 Å². The number of aryl methyl sites for hydroxylation is 1. The van der Waals surface area contributed by atoms with Gasteiger partial charge in [0.25, 0.3) is 0 Å². The molecule has 1 heterocycles. The summed E-state index contributed by atoms with van der Waals surface area (Å²) < 4.78 is 13.7. The lowest BCUT2D eigenvalue weighted by Gasteiger charge is -2.16. The average molecular weight is 255 g/mol. The van der Waals surface area contributed by atoms with Crippen molar-refractivity contribution in [3.05, 3.63) is 59.0 Å². The van der Waals surface area contributed by atoms with Gasteiger partial charge in [-0.25, -0.2) is 9.37 Å². The van der Waals surface area contributed by atoms with Gasteiger partial charge in [0.15, 0.2) is 0 Å². The average Bonchev–Trinajstić information content (AvgIpc) is 2.39. The summed E-state index contributed by atoms with van der Waals surface area (Å²) in [6, 6.07) is 11.9. The van der Waals surface area contributed by atoms with Crippen LogP contribution in [0.1, 0.15) is 29.8 Å². The number of pyridine rings is 1. The number of anilines is 1. The number of halogens is 1. The molecule has 0 fully saturated rings. The van der Waals surface area contributed by atoms with Crippen LogP contribution in [-0.4, -0.2) is 4.98 Å². The van der Waals surface area contributed by atoms with E-state index in [1.54, 1.807) is 30.3 Å². The number of nitrogens with one attached hydrogen (secondary N) is 1. The largest absolute Gasteiger partial charge is 0.362 e. The number of aromatic nitrogens is 1. The van der Waals surface area contributed by atoms with Gasteiger partial charge in [-0.15, -0.1) is 0 Å². The molecule has 3 nitrogen and oxygen atoms in total. The van der Waals surface area contributed by atoms with Gasteiger partial charge in [0.2, 0.25) is 0 Å². The third kappa shape index (κ3) is 2.89. The van der Waals surface area contributed by atoms with E-state index in [0.29, 0.717) is 16.9 Å². The van der Waals surface area contributed by atoms with Crippen LogP contribution in [0.3, 0.4) is 0 Å². The summed E-state index contributed by atoms with van der Waals surface area (Å²) in [5.74, 6) is 0.215. The second-order valence-electron chi connectivity index (χ2n) is 4.35. The Morgan fingerprint density at radius 2 is 2.00 bits per heavy atom. The lowest BCUT2D eigenvalue weighted by atomic mass is 10.1. The van der Waals surface area contributed by atoms with Crippen LogP contribution in [0.5, 0.6) is 0 Å². The Bertz CT molecular complexity index is 632. The van der Waals surface area contributed by atoms with Gasteiger partial charge in [-0.2, -0.15) is 5.26 Å². The van der Waals surface area contributed by atoms with E-state index in [2.05, 4.69) is 16.4 Å². The maximum Gasteiger partial charge on any atom is 0.144 e. The lowest BCUT2D eigenvalue weighted by Crippen LogP contribution is -2.11. The van der Waals surface area contributed by atoms with E-state index in [0.717, 1.165) is 5.69 Å². The maximum atomic E-state index is 13.7. The first kappa shape index (κ1) is 13.0. The second-order valence-corrected chi connectivity index (χ2v) is 4.35. The van der Waals surface area contributed by atoms with E-state index in [9.17, 15) is 4.39 Å². The van der Waals surface area contributed by atoms with Crippen LogP contribution in [0.2, 0.25) is 0 Å². The first-order valence-electron chi connectivity index (χ1n) is 6.00. The van der Waals surface area contributed by atoms with Gasteiger partial charge in [0.05, 0.1) is 11.6 Å². The van der Waals surface area contributed by atoms with Gasteiger partial charge < -0.3 is 5.32 Å². The highest BCUT2D eigenvalue weighted by Crippen LogP contribution is 2.22. The molecule has 1 aromatic carbocycles. The Morgan fingerprint density at radius 3 is 2.68 bits per heavy atom. The monoisotopic (exact) mass is 255 g/mol. The number of hydrogen-bond donors (Lipinski definition) is 1. The molecule has 0 amide bonds. The van der Waals surface area contributed by atoms with Crippen molar-refractivity contribution in [3.8, 4) is 6.07 Å². The van der Waals surface area contributed by atoms with Crippen LogP contribution in [-0.2, 0) is 0 Å². The standard InChI is InChI=1S/C15H14FN3/c1-10-7-8-12(9-17)15(18-10)19-11(2)13-5-3-4-6-14(13)16/h3-8,11H,1-2H3,(H,18,19). The Labute approximate surface area is 111 Å². The lowest BCUT2D eigenvalue weighted by molar-refractivity contribution is 0.600.